The summed E-state index contributed by atoms with van der Waals surface area (Å²) in [5.74, 6) is -0.964. The number of hydrogen-bond donors (Lipinski definition) is 3. The number of carbonyl (C=O) groups excluding carboxylic acids is 2. The number of ether oxygens (including phenoxy) is 1. The Morgan fingerprint density at radius 3 is 2.42 bits per heavy atom. The molecule has 0 unspecified atom stereocenters. The number of H-pyrrole nitrogens is 1. The zero-order valence-corrected chi connectivity index (χ0v) is 21.1. The number of methoxy groups -OCH3 is 1. The van der Waals surface area contributed by atoms with E-state index in [-0.39, 0.29) is 30.3 Å². The number of anilines is 2. The van der Waals surface area contributed by atoms with E-state index in [2.05, 4.69) is 20.6 Å². The third kappa shape index (κ3) is 5.51. The molecule has 4 aromatic rings. The molecule has 7 nitrogen and oxygen atoms in total. The largest absolute Gasteiger partial charge is 0.417 e. The van der Waals surface area contributed by atoms with E-state index in [9.17, 15) is 22.8 Å². The van der Waals surface area contributed by atoms with Crippen LogP contribution in [-0.4, -0.2) is 28.9 Å². The quantitative estimate of drug-likeness (QED) is 0.271. The van der Waals surface area contributed by atoms with Gasteiger partial charge in [0.15, 0.2) is 0 Å². The zero-order valence-electron chi connectivity index (χ0n) is 20.2. The van der Waals surface area contributed by atoms with Crippen molar-refractivity contribution in [1.29, 1.82) is 0 Å². The Labute approximate surface area is 222 Å². The summed E-state index contributed by atoms with van der Waals surface area (Å²) in [7, 11) is 1.50. The van der Waals surface area contributed by atoms with Crippen LogP contribution in [0.1, 0.15) is 49.7 Å². The summed E-state index contributed by atoms with van der Waals surface area (Å²) in [6.45, 7) is 0.154. The van der Waals surface area contributed by atoms with Gasteiger partial charge in [-0.15, -0.1) is 12.4 Å². The number of nitrogens with one attached hydrogen (secondary N) is 3. The summed E-state index contributed by atoms with van der Waals surface area (Å²) in [6.07, 6.45) is -1.66. The van der Waals surface area contributed by atoms with Gasteiger partial charge in [-0.3, -0.25) is 9.59 Å². The molecule has 38 heavy (non-hydrogen) atoms. The molecular weight excluding hydrogens is 521 g/mol. The van der Waals surface area contributed by atoms with Crippen LogP contribution in [0.25, 0.3) is 11.0 Å². The standard InChI is InChI=1S/C27H23F3N4O3.ClH/c1-37-14-23-33-22-13-18(32-25(35)19-7-2-3-8-21(19)27(28,29)30)12-20(24(22)34-23)26(36)31-17-10-9-15-5-4-6-16(15)11-17;/h2-3,7-13H,4-6,14H2,1H3,(H,31,36)(H,32,35)(H,33,34);1H. The van der Waals surface area contributed by atoms with Crippen molar-refractivity contribution in [1.82, 2.24) is 9.97 Å². The molecule has 0 fully saturated rings. The van der Waals surface area contributed by atoms with Crippen LogP contribution in [0.15, 0.2) is 54.6 Å². The van der Waals surface area contributed by atoms with Crippen molar-refractivity contribution in [3.8, 4) is 0 Å². The number of amides is 2. The number of aromatic nitrogens is 2. The van der Waals surface area contributed by atoms with E-state index in [0.717, 1.165) is 31.4 Å². The molecule has 0 spiro atoms. The van der Waals surface area contributed by atoms with Gasteiger partial charge in [-0.1, -0.05) is 18.2 Å². The van der Waals surface area contributed by atoms with Gasteiger partial charge in [-0.2, -0.15) is 13.2 Å². The van der Waals surface area contributed by atoms with E-state index in [1.54, 1.807) is 0 Å². The molecule has 3 N–H and O–H groups in total. The van der Waals surface area contributed by atoms with Crippen LogP contribution in [0.4, 0.5) is 24.5 Å². The second-order valence-corrected chi connectivity index (χ2v) is 8.83. The predicted molar refractivity (Wildman–Crippen MR) is 140 cm³/mol. The van der Waals surface area contributed by atoms with Gasteiger partial charge in [0.25, 0.3) is 11.8 Å². The van der Waals surface area contributed by atoms with Gasteiger partial charge in [0.1, 0.15) is 17.9 Å². The van der Waals surface area contributed by atoms with Crippen LogP contribution in [0.5, 0.6) is 0 Å². The smallest absolute Gasteiger partial charge is 0.377 e. The molecule has 11 heteroatoms. The molecular formula is C27H24ClF3N4O3. The van der Waals surface area contributed by atoms with E-state index >= 15 is 0 Å². The third-order valence-corrected chi connectivity index (χ3v) is 6.25. The van der Waals surface area contributed by atoms with E-state index in [1.807, 2.05) is 18.2 Å². The van der Waals surface area contributed by atoms with Gasteiger partial charge in [0.2, 0.25) is 0 Å². The predicted octanol–water partition coefficient (Wildman–Crippen LogP) is 6.14. The number of imidazole rings is 1. The second kappa shape index (κ2) is 10.8. The van der Waals surface area contributed by atoms with Crippen LogP contribution in [0.2, 0.25) is 0 Å². The Morgan fingerprint density at radius 1 is 0.947 bits per heavy atom. The van der Waals surface area contributed by atoms with Crippen molar-refractivity contribution >= 4 is 46.6 Å². The number of halogens is 4. The summed E-state index contributed by atoms with van der Waals surface area (Å²) in [5.41, 5.74) is 2.57. The highest BCUT2D eigenvalue weighted by molar-refractivity contribution is 6.14. The highest BCUT2D eigenvalue weighted by Crippen LogP contribution is 2.33. The average molecular weight is 545 g/mol. The summed E-state index contributed by atoms with van der Waals surface area (Å²) in [4.78, 5) is 33.7. The van der Waals surface area contributed by atoms with Crippen molar-refractivity contribution in [2.75, 3.05) is 17.7 Å². The lowest BCUT2D eigenvalue weighted by Crippen LogP contribution is -2.19. The topological polar surface area (TPSA) is 96.1 Å². The van der Waals surface area contributed by atoms with E-state index in [4.69, 9.17) is 4.74 Å². The minimum Gasteiger partial charge on any atom is -0.377 e. The second-order valence-electron chi connectivity index (χ2n) is 8.83. The number of benzene rings is 3. The maximum atomic E-state index is 13.4. The van der Waals surface area contributed by atoms with Gasteiger partial charge >= 0.3 is 6.18 Å². The van der Waals surface area contributed by atoms with Crippen LogP contribution in [-0.2, 0) is 30.4 Å². The van der Waals surface area contributed by atoms with E-state index in [0.29, 0.717) is 22.5 Å². The van der Waals surface area contributed by atoms with Crippen LogP contribution >= 0.6 is 12.4 Å². The van der Waals surface area contributed by atoms with Gasteiger partial charge in [0, 0.05) is 18.5 Å². The molecule has 2 amide bonds. The number of aromatic amines is 1. The number of aryl methyl sites for hydroxylation is 2. The van der Waals surface area contributed by atoms with Crippen molar-refractivity contribution in [2.24, 2.45) is 0 Å². The van der Waals surface area contributed by atoms with Crippen molar-refractivity contribution < 1.29 is 27.5 Å². The monoisotopic (exact) mass is 544 g/mol. The fourth-order valence-electron chi connectivity index (χ4n) is 4.59. The first-order valence-corrected chi connectivity index (χ1v) is 11.7. The highest BCUT2D eigenvalue weighted by atomic mass is 35.5. The van der Waals surface area contributed by atoms with Gasteiger partial charge in [0.05, 0.1) is 22.2 Å². The molecule has 0 bridgehead atoms. The summed E-state index contributed by atoms with van der Waals surface area (Å²) >= 11 is 0. The number of hydrogen-bond acceptors (Lipinski definition) is 4. The van der Waals surface area contributed by atoms with Gasteiger partial charge < -0.3 is 20.4 Å². The Hall–Kier alpha value is -3.89. The number of rotatable bonds is 6. The fourth-order valence-corrected chi connectivity index (χ4v) is 4.59. The first-order valence-electron chi connectivity index (χ1n) is 11.7. The average Bonchev–Trinajstić information content (AvgIpc) is 3.49. The first-order chi connectivity index (χ1) is 17.7. The Kier molecular flexibility index (Phi) is 7.75. The zero-order chi connectivity index (χ0) is 26.2. The SMILES string of the molecule is COCc1nc2c(C(=O)Nc3ccc4c(c3)CCC4)cc(NC(=O)c3ccccc3C(F)(F)F)cc2[nH]1.Cl. The van der Waals surface area contributed by atoms with E-state index in [1.165, 1.54) is 42.5 Å². The Bertz CT molecular complexity index is 1520. The first kappa shape index (κ1) is 27.2. The lowest BCUT2D eigenvalue weighted by atomic mass is 10.1. The number of carbonyl (C=O) groups is 2. The van der Waals surface area contributed by atoms with Crippen LogP contribution in [0.3, 0.4) is 0 Å². The molecule has 0 saturated carbocycles. The summed E-state index contributed by atoms with van der Waals surface area (Å²) in [6, 6.07) is 13.2. The lowest BCUT2D eigenvalue weighted by Gasteiger charge is -2.13. The van der Waals surface area contributed by atoms with E-state index < -0.39 is 29.1 Å². The molecule has 3 aromatic carbocycles. The molecule has 1 aromatic heterocycles. The van der Waals surface area contributed by atoms with Crippen molar-refractivity contribution in [3.63, 3.8) is 0 Å². The maximum Gasteiger partial charge on any atom is 0.417 e. The number of fused-ring (bicyclic) bond motifs is 2. The molecule has 0 radical (unpaired) electrons. The third-order valence-electron chi connectivity index (χ3n) is 6.25. The molecule has 1 aliphatic rings. The van der Waals surface area contributed by atoms with Crippen molar-refractivity contribution in [3.05, 3.63) is 88.2 Å². The number of alkyl halides is 3. The van der Waals surface area contributed by atoms with Gasteiger partial charge in [-0.25, -0.2) is 4.98 Å². The molecule has 5 rings (SSSR count). The minimum absolute atomic E-state index is 0. The summed E-state index contributed by atoms with van der Waals surface area (Å²) in [5, 5.41) is 5.38. The highest BCUT2D eigenvalue weighted by Gasteiger charge is 2.35. The van der Waals surface area contributed by atoms with Crippen LogP contribution < -0.4 is 10.6 Å². The molecule has 198 valence electrons. The lowest BCUT2D eigenvalue weighted by molar-refractivity contribution is -0.137. The molecule has 0 saturated heterocycles. The maximum absolute atomic E-state index is 13.4. The Morgan fingerprint density at radius 2 is 1.66 bits per heavy atom. The molecule has 0 atom stereocenters. The normalized spacial score (nSPS) is 12.6. The molecule has 0 aliphatic heterocycles. The van der Waals surface area contributed by atoms with Gasteiger partial charge in [-0.05, 0) is 66.8 Å². The Balaban J connectivity index is 0.00000336. The summed E-state index contributed by atoms with van der Waals surface area (Å²) < 4.78 is 45.4. The van der Waals surface area contributed by atoms with Crippen LogP contribution in [0, 0.1) is 0 Å². The molecule has 1 heterocycles. The fraction of sp³-hybridized carbons (Fsp3) is 0.222. The number of nitrogens with zero attached hydrogens (tertiary/aromatic N) is 1. The minimum atomic E-state index is -4.70. The molecule has 1 aliphatic carbocycles. The van der Waals surface area contributed by atoms with Crippen molar-refractivity contribution in [2.45, 2.75) is 32.0 Å².